The van der Waals surface area contributed by atoms with Gasteiger partial charge < -0.3 is 10.6 Å². The van der Waals surface area contributed by atoms with Gasteiger partial charge >= 0.3 is 0 Å². The molecule has 1 atom stereocenters. The molecule has 0 radical (unpaired) electrons. The van der Waals surface area contributed by atoms with E-state index < -0.39 is 0 Å². The van der Waals surface area contributed by atoms with Crippen molar-refractivity contribution in [3.63, 3.8) is 0 Å². The molecule has 1 aliphatic heterocycles. The first-order valence-corrected chi connectivity index (χ1v) is 6.50. The highest BCUT2D eigenvalue weighted by Crippen LogP contribution is 2.26. The van der Waals surface area contributed by atoms with E-state index in [1.54, 1.807) is 11.5 Å². The summed E-state index contributed by atoms with van der Waals surface area (Å²) in [6, 6.07) is 8.38. The van der Waals surface area contributed by atoms with Crippen LogP contribution < -0.4 is 10.6 Å². The first kappa shape index (κ1) is 10.1. The predicted octanol–water partition coefficient (Wildman–Crippen LogP) is 2.32. The smallest absolute Gasteiger partial charge is 0.147 e. The summed E-state index contributed by atoms with van der Waals surface area (Å²) >= 11 is 1.57. The minimum Gasteiger partial charge on any atom is -0.368 e. The highest BCUT2D eigenvalue weighted by Gasteiger charge is 2.14. The van der Waals surface area contributed by atoms with Crippen molar-refractivity contribution in [3.8, 4) is 0 Å². The second kappa shape index (κ2) is 4.39. The van der Waals surface area contributed by atoms with Gasteiger partial charge in [-0.25, -0.2) is 0 Å². The quantitative estimate of drug-likeness (QED) is 0.854. The third kappa shape index (κ3) is 1.90. The lowest BCUT2D eigenvalue weighted by Gasteiger charge is -2.09. The number of rotatable bonds is 3. The van der Waals surface area contributed by atoms with Crippen LogP contribution in [0.4, 0.5) is 5.82 Å². The molecule has 4 heteroatoms. The van der Waals surface area contributed by atoms with Crippen LogP contribution in [0.15, 0.2) is 24.3 Å². The SMILES string of the molecule is c1ccc2c(NC[C@@H]3CCNC3)nsc2c1. The third-order valence-corrected chi connectivity index (χ3v) is 3.92. The van der Waals surface area contributed by atoms with Crippen LogP contribution >= 0.6 is 11.5 Å². The maximum atomic E-state index is 4.47. The molecule has 3 rings (SSSR count). The fourth-order valence-electron chi connectivity index (χ4n) is 2.14. The van der Waals surface area contributed by atoms with Crippen molar-refractivity contribution < 1.29 is 0 Å². The fraction of sp³-hybridized carbons (Fsp3) is 0.417. The molecule has 0 unspecified atom stereocenters. The second-order valence-corrected chi connectivity index (χ2v) is 5.07. The average Bonchev–Trinajstić information content (AvgIpc) is 2.96. The van der Waals surface area contributed by atoms with E-state index in [0.717, 1.165) is 31.4 Å². The molecule has 0 bridgehead atoms. The zero-order valence-corrected chi connectivity index (χ0v) is 9.89. The molecule has 1 saturated heterocycles. The van der Waals surface area contributed by atoms with Gasteiger partial charge in [0.25, 0.3) is 0 Å². The highest BCUT2D eigenvalue weighted by atomic mass is 32.1. The first-order chi connectivity index (χ1) is 7.93. The van der Waals surface area contributed by atoms with E-state index in [-0.39, 0.29) is 0 Å². The zero-order chi connectivity index (χ0) is 10.8. The van der Waals surface area contributed by atoms with Gasteiger partial charge in [0.05, 0.1) is 4.70 Å². The molecule has 0 saturated carbocycles. The Hall–Kier alpha value is -1.13. The van der Waals surface area contributed by atoms with Crippen LogP contribution in [-0.4, -0.2) is 24.0 Å². The van der Waals surface area contributed by atoms with Crippen LogP contribution in [0.25, 0.3) is 10.1 Å². The zero-order valence-electron chi connectivity index (χ0n) is 9.07. The topological polar surface area (TPSA) is 37.0 Å². The normalized spacial score (nSPS) is 20.4. The molecule has 0 spiro atoms. The van der Waals surface area contributed by atoms with Crippen molar-refractivity contribution in [1.82, 2.24) is 9.69 Å². The van der Waals surface area contributed by atoms with Gasteiger partial charge in [0.15, 0.2) is 0 Å². The van der Waals surface area contributed by atoms with Crippen molar-refractivity contribution in [2.24, 2.45) is 5.92 Å². The van der Waals surface area contributed by atoms with Crippen molar-refractivity contribution in [2.45, 2.75) is 6.42 Å². The molecule has 3 nitrogen and oxygen atoms in total. The molecule has 1 fully saturated rings. The summed E-state index contributed by atoms with van der Waals surface area (Å²) in [4.78, 5) is 0. The Labute approximate surface area is 99.0 Å². The third-order valence-electron chi connectivity index (χ3n) is 3.10. The van der Waals surface area contributed by atoms with E-state index in [0.29, 0.717) is 0 Å². The molecular weight excluding hydrogens is 218 g/mol. The lowest BCUT2D eigenvalue weighted by atomic mass is 10.1. The molecule has 2 aromatic rings. The Morgan fingerprint density at radius 3 is 3.25 bits per heavy atom. The summed E-state index contributed by atoms with van der Waals surface area (Å²) in [5, 5.41) is 8.10. The van der Waals surface area contributed by atoms with Crippen LogP contribution in [0.2, 0.25) is 0 Å². The lowest BCUT2D eigenvalue weighted by Crippen LogP contribution is -2.17. The van der Waals surface area contributed by atoms with Crippen LogP contribution in [-0.2, 0) is 0 Å². The summed E-state index contributed by atoms with van der Waals surface area (Å²) in [6.45, 7) is 3.32. The first-order valence-electron chi connectivity index (χ1n) is 5.72. The minimum atomic E-state index is 0.750. The number of aromatic nitrogens is 1. The fourth-order valence-corrected chi connectivity index (χ4v) is 2.90. The maximum absolute atomic E-state index is 4.47. The van der Waals surface area contributed by atoms with Gasteiger partial charge in [-0.05, 0) is 49.1 Å². The molecule has 1 aromatic carbocycles. The van der Waals surface area contributed by atoms with Crippen molar-refractivity contribution in [2.75, 3.05) is 25.0 Å². The number of hydrogen-bond donors (Lipinski definition) is 2. The summed E-state index contributed by atoms with van der Waals surface area (Å²) < 4.78 is 5.73. The monoisotopic (exact) mass is 233 g/mol. The number of hydrogen-bond acceptors (Lipinski definition) is 4. The Kier molecular flexibility index (Phi) is 2.76. The Bertz CT molecular complexity index is 474. The summed E-state index contributed by atoms with van der Waals surface area (Å²) in [7, 11) is 0. The van der Waals surface area contributed by atoms with E-state index in [1.807, 2.05) is 0 Å². The van der Waals surface area contributed by atoms with Gasteiger partial charge in [-0.2, -0.15) is 4.37 Å². The van der Waals surface area contributed by atoms with Crippen molar-refractivity contribution in [3.05, 3.63) is 24.3 Å². The lowest BCUT2D eigenvalue weighted by molar-refractivity contribution is 0.615. The number of nitrogens with zero attached hydrogens (tertiary/aromatic N) is 1. The average molecular weight is 233 g/mol. The van der Waals surface area contributed by atoms with Crippen LogP contribution in [0.1, 0.15) is 6.42 Å². The predicted molar refractivity (Wildman–Crippen MR) is 69.1 cm³/mol. The van der Waals surface area contributed by atoms with E-state index in [1.165, 1.54) is 16.5 Å². The maximum Gasteiger partial charge on any atom is 0.147 e. The molecule has 0 aliphatic carbocycles. The number of nitrogens with one attached hydrogen (secondary N) is 2. The second-order valence-electron chi connectivity index (χ2n) is 4.27. The van der Waals surface area contributed by atoms with Gasteiger partial charge in [0, 0.05) is 11.9 Å². The van der Waals surface area contributed by atoms with Gasteiger partial charge in [-0.3, -0.25) is 0 Å². The van der Waals surface area contributed by atoms with E-state index in [4.69, 9.17) is 0 Å². The van der Waals surface area contributed by atoms with Crippen molar-refractivity contribution >= 4 is 27.4 Å². The Morgan fingerprint density at radius 2 is 2.38 bits per heavy atom. The molecule has 1 aromatic heterocycles. The number of anilines is 1. The largest absolute Gasteiger partial charge is 0.368 e. The van der Waals surface area contributed by atoms with Gasteiger partial charge in [-0.1, -0.05) is 12.1 Å². The van der Waals surface area contributed by atoms with Crippen molar-refractivity contribution in [1.29, 1.82) is 0 Å². The van der Waals surface area contributed by atoms with E-state index in [9.17, 15) is 0 Å². The number of fused-ring (bicyclic) bond motifs is 1. The molecule has 2 N–H and O–H groups in total. The molecular formula is C12H15N3S. The summed E-state index contributed by atoms with van der Waals surface area (Å²) in [5.74, 6) is 1.80. The van der Waals surface area contributed by atoms with Gasteiger partial charge in [0.1, 0.15) is 5.82 Å². The summed E-state index contributed by atoms with van der Waals surface area (Å²) in [6.07, 6.45) is 1.27. The molecule has 0 amide bonds. The van der Waals surface area contributed by atoms with E-state index >= 15 is 0 Å². The molecule has 1 aliphatic rings. The van der Waals surface area contributed by atoms with Crippen LogP contribution in [0.5, 0.6) is 0 Å². The van der Waals surface area contributed by atoms with Gasteiger partial charge in [-0.15, -0.1) is 0 Å². The molecule has 84 valence electrons. The summed E-state index contributed by atoms with van der Waals surface area (Å²) in [5.41, 5.74) is 0. The van der Waals surface area contributed by atoms with Crippen LogP contribution in [0.3, 0.4) is 0 Å². The number of benzene rings is 1. The standard InChI is InChI=1S/C12H15N3S/c1-2-4-11-10(3-1)12(15-16-11)14-8-9-5-6-13-7-9/h1-4,9,13H,5-8H2,(H,14,15)/t9-/m1/s1. The highest BCUT2D eigenvalue weighted by molar-refractivity contribution is 7.13. The van der Waals surface area contributed by atoms with Crippen LogP contribution in [0, 0.1) is 5.92 Å². The molecule has 16 heavy (non-hydrogen) atoms. The Morgan fingerprint density at radius 1 is 1.44 bits per heavy atom. The Balaban J connectivity index is 1.73. The van der Waals surface area contributed by atoms with Gasteiger partial charge in [0.2, 0.25) is 0 Å². The van der Waals surface area contributed by atoms with E-state index in [2.05, 4.69) is 39.3 Å². The minimum absolute atomic E-state index is 0.750. The molecule has 2 heterocycles.